The lowest BCUT2D eigenvalue weighted by Gasteiger charge is -2.08. The number of carbonyl (C=O) groups is 1. The average Bonchev–Trinajstić information content (AvgIpc) is 2.10. The molecular weight excluding hydrogens is 239 g/mol. The second-order valence-electron chi connectivity index (χ2n) is 2.75. The van der Waals surface area contributed by atoms with Crippen molar-refractivity contribution < 1.29 is 14.3 Å². The number of phenols is 1. The van der Waals surface area contributed by atoms with Crippen molar-refractivity contribution in [2.45, 2.75) is 12.8 Å². The van der Waals surface area contributed by atoms with E-state index in [1.54, 1.807) is 6.92 Å². The summed E-state index contributed by atoms with van der Waals surface area (Å²) in [6.45, 7) is 1.59. The molecule has 0 heterocycles. The third-order valence-electron chi connectivity index (χ3n) is 1.75. The van der Waals surface area contributed by atoms with Crippen LogP contribution >= 0.6 is 15.9 Å². The molecule has 70 valence electrons. The summed E-state index contributed by atoms with van der Waals surface area (Å²) in [6, 6.07) is 2.67. The molecule has 1 aromatic carbocycles. The van der Waals surface area contributed by atoms with Crippen molar-refractivity contribution in [3.8, 4) is 5.75 Å². The zero-order valence-corrected chi connectivity index (χ0v) is 8.51. The van der Waals surface area contributed by atoms with Gasteiger partial charge in [0.05, 0.1) is 0 Å². The van der Waals surface area contributed by atoms with Crippen LogP contribution in [0.4, 0.5) is 4.39 Å². The maximum atomic E-state index is 12.9. The van der Waals surface area contributed by atoms with Crippen LogP contribution in [0.2, 0.25) is 0 Å². The Morgan fingerprint density at radius 2 is 2.23 bits per heavy atom. The molecule has 0 bridgehead atoms. The van der Waals surface area contributed by atoms with Gasteiger partial charge < -0.3 is 9.90 Å². The molecule has 1 rings (SSSR count). The van der Waals surface area contributed by atoms with Gasteiger partial charge in [0.25, 0.3) is 0 Å². The lowest BCUT2D eigenvalue weighted by Crippen LogP contribution is -1.96. The van der Waals surface area contributed by atoms with E-state index < -0.39 is 17.5 Å². The van der Waals surface area contributed by atoms with Gasteiger partial charge in [-0.25, -0.2) is 4.39 Å². The van der Waals surface area contributed by atoms with Crippen LogP contribution < -0.4 is 0 Å². The molecule has 0 fully saturated rings. The highest BCUT2D eigenvalue weighted by Crippen LogP contribution is 2.30. The van der Waals surface area contributed by atoms with Gasteiger partial charge in [0.15, 0.2) is 11.6 Å². The SMILES string of the molecule is CC(C=O)c1cc(Br)cc(F)c1O. The Hall–Kier alpha value is -0.900. The topological polar surface area (TPSA) is 37.3 Å². The molecule has 0 spiro atoms. The Balaban J connectivity index is 3.27. The molecule has 0 amide bonds. The molecule has 4 heteroatoms. The Bertz CT molecular complexity index is 339. The van der Waals surface area contributed by atoms with Crippen LogP contribution in [-0.4, -0.2) is 11.4 Å². The van der Waals surface area contributed by atoms with Crippen molar-refractivity contribution in [3.63, 3.8) is 0 Å². The number of carbonyl (C=O) groups excluding carboxylic acids is 1. The zero-order valence-electron chi connectivity index (χ0n) is 6.92. The van der Waals surface area contributed by atoms with Crippen LogP contribution in [0.5, 0.6) is 5.75 Å². The van der Waals surface area contributed by atoms with Gasteiger partial charge in [-0.1, -0.05) is 22.9 Å². The Morgan fingerprint density at radius 1 is 1.62 bits per heavy atom. The molecule has 1 unspecified atom stereocenters. The van der Waals surface area contributed by atoms with Crippen molar-refractivity contribution in [2.24, 2.45) is 0 Å². The highest BCUT2D eigenvalue weighted by Gasteiger charge is 2.14. The van der Waals surface area contributed by atoms with E-state index >= 15 is 0 Å². The second kappa shape index (κ2) is 3.87. The number of rotatable bonds is 2. The van der Waals surface area contributed by atoms with Crippen molar-refractivity contribution >= 4 is 22.2 Å². The quantitative estimate of drug-likeness (QED) is 0.815. The van der Waals surface area contributed by atoms with Crippen molar-refractivity contribution in [1.82, 2.24) is 0 Å². The third kappa shape index (κ3) is 2.06. The molecule has 2 nitrogen and oxygen atoms in total. The smallest absolute Gasteiger partial charge is 0.166 e. The average molecular weight is 247 g/mol. The summed E-state index contributed by atoms with van der Waals surface area (Å²) in [7, 11) is 0. The first-order valence-electron chi connectivity index (χ1n) is 3.69. The van der Waals surface area contributed by atoms with Gasteiger partial charge in [0.1, 0.15) is 6.29 Å². The molecule has 0 aliphatic heterocycles. The fourth-order valence-electron chi connectivity index (χ4n) is 1.01. The van der Waals surface area contributed by atoms with E-state index in [2.05, 4.69) is 15.9 Å². The number of phenolic OH excluding ortho intramolecular Hbond substituents is 1. The molecule has 1 atom stereocenters. The highest BCUT2D eigenvalue weighted by atomic mass is 79.9. The minimum absolute atomic E-state index is 0.293. The zero-order chi connectivity index (χ0) is 10.0. The fourth-order valence-corrected chi connectivity index (χ4v) is 1.45. The molecule has 1 aromatic rings. The first kappa shape index (κ1) is 10.2. The normalized spacial score (nSPS) is 12.5. The van der Waals surface area contributed by atoms with Crippen LogP contribution in [-0.2, 0) is 4.79 Å². The Labute approximate surface area is 83.5 Å². The summed E-state index contributed by atoms with van der Waals surface area (Å²) in [4.78, 5) is 10.4. The van der Waals surface area contributed by atoms with Crippen LogP contribution in [0.1, 0.15) is 18.4 Å². The number of hydrogen-bond acceptors (Lipinski definition) is 2. The van der Waals surface area contributed by atoms with Crippen molar-refractivity contribution in [3.05, 3.63) is 28.0 Å². The van der Waals surface area contributed by atoms with Gasteiger partial charge in [-0.15, -0.1) is 0 Å². The lowest BCUT2D eigenvalue weighted by atomic mass is 10.0. The molecular formula is C9H8BrFO2. The number of aldehydes is 1. The Morgan fingerprint density at radius 3 is 2.77 bits per heavy atom. The summed E-state index contributed by atoms with van der Waals surface area (Å²) < 4.78 is 13.4. The second-order valence-corrected chi connectivity index (χ2v) is 3.67. The summed E-state index contributed by atoms with van der Waals surface area (Å²) >= 11 is 3.08. The molecule has 0 saturated heterocycles. The van der Waals surface area contributed by atoms with E-state index in [4.69, 9.17) is 0 Å². The first-order valence-corrected chi connectivity index (χ1v) is 4.48. The van der Waals surface area contributed by atoms with Gasteiger partial charge in [-0.05, 0) is 12.1 Å². The summed E-state index contributed by atoms with van der Waals surface area (Å²) in [5.74, 6) is -1.69. The van der Waals surface area contributed by atoms with Gasteiger partial charge in [0.2, 0.25) is 0 Å². The number of hydrogen-bond donors (Lipinski definition) is 1. The van der Waals surface area contributed by atoms with Crippen LogP contribution in [0.15, 0.2) is 16.6 Å². The molecule has 1 N–H and O–H groups in total. The van der Waals surface area contributed by atoms with E-state index in [0.717, 1.165) is 6.07 Å². The number of benzene rings is 1. The maximum Gasteiger partial charge on any atom is 0.166 e. The van der Waals surface area contributed by atoms with E-state index in [-0.39, 0.29) is 0 Å². The van der Waals surface area contributed by atoms with Gasteiger partial charge in [-0.3, -0.25) is 0 Å². The maximum absolute atomic E-state index is 12.9. The van der Waals surface area contributed by atoms with E-state index in [0.29, 0.717) is 16.3 Å². The van der Waals surface area contributed by atoms with Gasteiger partial charge in [-0.2, -0.15) is 0 Å². The molecule has 0 aliphatic rings. The largest absolute Gasteiger partial charge is 0.505 e. The predicted octanol–water partition coefficient (Wildman–Crippen LogP) is 2.60. The molecule has 13 heavy (non-hydrogen) atoms. The highest BCUT2D eigenvalue weighted by molar-refractivity contribution is 9.10. The Kier molecular flexibility index (Phi) is 3.03. The lowest BCUT2D eigenvalue weighted by molar-refractivity contribution is -0.108. The van der Waals surface area contributed by atoms with Crippen molar-refractivity contribution in [2.75, 3.05) is 0 Å². The van der Waals surface area contributed by atoms with Gasteiger partial charge in [0, 0.05) is 16.0 Å². The summed E-state index contributed by atoms with van der Waals surface area (Å²) in [6.07, 6.45) is 0.654. The standard InChI is InChI=1S/C9H8BrFO2/c1-5(4-12)7-2-6(10)3-8(11)9(7)13/h2-5,13H,1H3. The van der Waals surface area contributed by atoms with Crippen LogP contribution in [0.25, 0.3) is 0 Å². The molecule has 0 saturated carbocycles. The fraction of sp³-hybridized carbons (Fsp3) is 0.222. The minimum atomic E-state index is -0.724. The van der Waals surface area contributed by atoms with Crippen molar-refractivity contribution in [1.29, 1.82) is 0 Å². The van der Waals surface area contributed by atoms with E-state index in [1.165, 1.54) is 6.07 Å². The summed E-state index contributed by atoms with van der Waals surface area (Å²) in [5.41, 5.74) is 0.293. The van der Waals surface area contributed by atoms with E-state index in [1.807, 2.05) is 0 Å². The minimum Gasteiger partial charge on any atom is -0.505 e. The molecule has 0 aliphatic carbocycles. The monoisotopic (exact) mass is 246 g/mol. The predicted molar refractivity (Wildman–Crippen MR) is 50.2 cm³/mol. The van der Waals surface area contributed by atoms with Gasteiger partial charge >= 0.3 is 0 Å². The molecule has 0 aromatic heterocycles. The van der Waals surface area contributed by atoms with E-state index in [9.17, 15) is 14.3 Å². The van der Waals surface area contributed by atoms with Crippen LogP contribution in [0.3, 0.4) is 0 Å². The van der Waals surface area contributed by atoms with Crippen LogP contribution in [0, 0.1) is 5.82 Å². The summed E-state index contributed by atoms with van der Waals surface area (Å²) in [5, 5.41) is 9.27. The third-order valence-corrected chi connectivity index (χ3v) is 2.21. The number of aromatic hydroxyl groups is 1. The first-order chi connectivity index (χ1) is 6.06. The molecule has 0 radical (unpaired) electrons. The number of halogens is 2.